The van der Waals surface area contributed by atoms with Crippen molar-refractivity contribution in [3.8, 4) is 22.3 Å². The van der Waals surface area contributed by atoms with Crippen molar-refractivity contribution >= 4 is 60.8 Å². The lowest BCUT2D eigenvalue weighted by atomic mass is 9.77. The van der Waals surface area contributed by atoms with Crippen molar-refractivity contribution in [3.63, 3.8) is 0 Å². The lowest BCUT2D eigenvalue weighted by Crippen LogP contribution is -2.15. The van der Waals surface area contributed by atoms with Gasteiger partial charge < -0.3 is 4.79 Å². The molecule has 1 aliphatic heterocycles. The summed E-state index contributed by atoms with van der Waals surface area (Å²) in [5, 5.41) is 9.87. The molecule has 9 aromatic carbocycles. The Hall–Kier alpha value is -6.64. The van der Waals surface area contributed by atoms with Gasteiger partial charge in [0.25, 0.3) is 0 Å². The van der Waals surface area contributed by atoms with Gasteiger partial charge in [0, 0.05) is 11.6 Å². The third kappa shape index (κ3) is 4.74. The van der Waals surface area contributed by atoms with E-state index in [1.54, 1.807) is 0 Å². The molecule has 9 aromatic rings. The van der Waals surface area contributed by atoms with Gasteiger partial charge in [-0.3, -0.25) is 4.99 Å². The summed E-state index contributed by atoms with van der Waals surface area (Å²) in [6.45, 7) is 2.20. The molecule has 3 atom stereocenters. The average Bonchev–Trinajstić information content (AvgIpc) is 3.58. The summed E-state index contributed by atoms with van der Waals surface area (Å²) in [6.07, 6.45) is 2.05. The lowest BCUT2D eigenvalue weighted by molar-refractivity contribution is -0.109. The van der Waals surface area contributed by atoms with Crippen molar-refractivity contribution in [2.24, 2.45) is 4.99 Å². The fraction of sp³-hybridized carbons (Fsp3) is 0.0943. The van der Waals surface area contributed by atoms with Crippen LogP contribution in [0.1, 0.15) is 58.9 Å². The highest BCUT2D eigenvalue weighted by molar-refractivity contribution is 6.22. The van der Waals surface area contributed by atoms with Crippen LogP contribution in [0.5, 0.6) is 0 Å². The quantitative estimate of drug-likeness (QED) is 0.0997. The smallest absolute Gasteiger partial charge is 0.128 e. The Balaban J connectivity index is 1.17. The molecule has 0 aromatic heterocycles. The van der Waals surface area contributed by atoms with E-state index < -0.39 is 0 Å². The molecule has 260 valence electrons. The molecular weight excluding hydrogens is 667 g/mol. The first-order chi connectivity index (χ1) is 27.2. The van der Waals surface area contributed by atoms with Crippen LogP contribution in [0.15, 0.2) is 175 Å². The number of fused-ring (bicyclic) bond motifs is 7. The Labute approximate surface area is 320 Å². The zero-order chi connectivity index (χ0) is 36.6. The second-order valence-corrected chi connectivity index (χ2v) is 15.1. The molecule has 3 unspecified atom stereocenters. The van der Waals surface area contributed by atoms with Crippen molar-refractivity contribution in [1.82, 2.24) is 0 Å². The fourth-order valence-electron chi connectivity index (χ4n) is 10.0. The Kier molecular flexibility index (Phi) is 7.22. The fourth-order valence-corrected chi connectivity index (χ4v) is 10.0. The average molecular weight is 704 g/mol. The van der Waals surface area contributed by atoms with Crippen molar-refractivity contribution in [2.45, 2.75) is 31.1 Å². The van der Waals surface area contributed by atoms with Gasteiger partial charge >= 0.3 is 0 Å². The van der Waals surface area contributed by atoms with Gasteiger partial charge in [-0.25, -0.2) is 0 Å². The molecule has 0 radical (unpaired) electrons. The summed E-state index contributed by atoms with van der Waals surface area (Å²) >= 11 is 0. The third-order valence-electron chi connectivity index (χ3n) is 12.4. The molecular formula is C53H37NO. The summed E-state index contributed by atoms with van der Waals surface area (Å²) in [5.74, 6) is -0.463. The minimum atomic E-state index is -0.363. The van der Waals surface area contributed by atoms with Crippen molar-refractivity contribution < 1.29 is 4.79 Å². The molecule has 0 saturated carbocycles. The first kappa shape index (κ1) is 31.8. The predicted molar refractivity (Wildman–Crippen MR) is 230 cm³/mol. The number of carbonyl (C=O) groups is 1. The van der Waals surface area contributed by atoms with E-state index in [2.05, 4.69) is 177 Å². The van der Waals surface area contributed by atoms with Crippen LogP contribution in [-0.2, 0) is 4.79 Å². The molecule has 0 saturated heterocycles. The van der Waals surface area contributed by atoms with Gasteiger partial charge in [-0.05, 0) is 112 Å². The van der Waals surface area contributed by atoms with Gasteiger partial charge in [0.2, 0.25) is 0 Å². The number of rotatable bonds is 5. The monoisotopic (exact) mass is 703 g/mol. The van der Waals surface area contributed by atoms with Crippen LogP contribution in [0.4, 0.5) is 5.69 Å². The van der Waals surface area contributed by atoms with E-state index in [0.717, 1.165) is 28.8 Å². The lowest BCUT2D eigenvalue weighted by Gasteiger charge is -2.25. The molecule has 1 aliphatic carbocycles. The number of benzene rings is 9. The molecule has 55 heavy (non-hydrogen) atoms. The summed E-state index contributed by atoms with van der Waals surface area (Å²) in [6, 6.07) is 61.8. The molecule has 11 rings (SSSR count). The largest absolute Gasteiger partial charge is 0.303 e. The summed E-state index contributed by atoms with van der Waals surface area (Å²) in [7, 11) is 0. The van der Waals surface area contributed by atoms with Crippen LogP contribution in [0.25, 0.3) is 65.3 Å². The number of aldehydes is 1. The van der Waals surface area contributed by atoms with Crippen molar-refractivity contribution in [1.29, 1.82) is 0 Å². The van der Waals surface area contributed by atoms with E-state index in [9.17, 15) is 4.79 Å². The maximum absolute atomic E-state index is 13.6. The zero-order valence-corrected chi connectivity index (χ0v) is 30.5. The van der Waals surface area contributed by atoms with Crippen LogP contribution in [-0.4, -0.2) is 12.0 Å². The van der Waals surface area contributed by atoms with Gasteiger partial charge in [0.05, 0.1) is 17.5 Å². The Morgan fingerprint density at radius 1 is 0.509 bits per heavy atom. The van der Waals surface area contributed by atoms with Crippen LogP contribution in [0.2, 0.25) is 0 Å². The van der Waals surface area contributed by atoms with Crippen LogP contribution >= 0.6 is 0 Å². The predicted octanol–water partition coefficient (Wildman–Crippen LogP) is 13.7. The number of aliphatic imine (C=N–C) groups is 1. The Bertz CT molecular complexity index is 3010. The van der Waals surface area contributed by atoms with Crippen molar-refractivity contribution in [3.05, 3.63) is 198 Å². The Morgan fingerprint density at radius 2 is 1.11 bits per heavy atom. The maximum atomic E-state index is 13.6. The molecule has 0 bridgehead atoms. The highest BCUT2D eigenvalue weighted by Gasteiger charge is 2.41. The number of hydrogen-bond donors (Lipinski definition) is 0. The summed E-state index contributed by atoms with van der Waals surface area (Å²) in [4.78, 5) is 18.8. The number of hydrogen-bond acceptors (Lipinski definition) is 2. The first-order valence-electron chi connectivity index (χ1n) is 19.4. The topological polar surface area (TPSA) is 29.4 Å². The van der Waals surface area contributed by atoms with Gasteiger partial charge in [-0.15, -0.1) is 0 Å². The van der Waals surface area contributed by atoms with E-state index in [0.29, 0.717) is 0 Å². The Morgan fingerprint density at radius 3 is 1.80 bits per heavy atom. The number of nitrogens with zero attached hydrogens (tertiary/aromatic N) is 1. The van der Waals surface area contributed by atoms with Crippen molar-refractivity contribution in [2.75, 3.05) is 0 Å². The first-order valence-corrected chi connectivity index (χ1v) is 19.4. The zero-order valence-electron chi connectivity index (χ0n) is 30.5. The van der Waals surface area contributed by atoms with E-state index in [4.69, 9.17) is 4.99 Å². The molecule has 2 aliphatic rings. The standard InChI is InChI=1S/C53H37NO/c1-2-47-52-43-28-26-36(30-45(43)46(31-55)49(33-14-4-3-5-15-33)44-21-12-22-48(54-47)53(44)52)51-41-19-10-8-17-39(41)50(40-18-9-11-20-42(40)51)35-25-27-38-34(29-35)24-23-32-13-6-7-16-37(32)38/h3-31,46,49,52H,2H2,1H3. The number of carbonyl (C=O) groups excluding carboxylic acids is 1. The highest BCUT2D eigenvalue weighted by Crippen LogP contribution is 2.54. The second kappa shape index (κ2) is 12.5. The van der Waals surface area contributed by atoms with E-state index in [1.165, 1.54) is 88.5 Å². The van der Waals surface area contributed by atoms with E-state index in [-0.39, 0.29) is 17.8 Å². The molecule has 0 spiro atoms. The van der Waals surface area contributed by atoms with Crippen LogP contribution in [0, 0.1) is 0 Å². The second-order valence-electron chi connectivity index (χ2n) is 15.1. The van der Waals surface area contributed by atoms with Crippen LogP contribution < -0.4 is 0 Å². The van der Waals surface area contributed by atoms with E-state index >= 15 is 0 Å². The molecule has 2 nitrogen and oxygen atoms in total. The minimum absolute atomic E-state index is 0.0253. The van der Waals surface area contributed by atoms with Gasteiger partial charge in [0.15, 0.2) is 0 Å². The maximum Gasteiger partial charge on any atom is 0.128 e. The molecule has 0 fully saturated rings. The van der Waals surface area contributed by atoms with Gasteiger partial charge in [-0.2, -0.15) is 0 Å². The molecule has 0 amide bonds. The summed E-state index contributed by atoms with van der Waals surface area (Å²) < 4.78 is 0. The highest BCUT2D eigenvalue weighted by atomic mass is 16.1. The summed E-state index contributed by atoms with van der Waals surface area (Å²) in [5.41, 5.74) is 12.9. The van der Waals surface area contributed by atoms with Gasteiger partial charge in [0.1, 0.15) is 6.29 Å². The molecule has 2 heteroatoms. The normalized spacial score (nSPS) is 17.3. The molecule has 1 heterocycles. The third-order valence-corrected chi connectivity index (χ3v) is 12.4. The van der Waals surface area contributed by atoms with Gasteiger partial charge in [-0.1, -0.05) is 165 Å². The molecule has 0 N–H and O–H groups in total. The van der Waals surface area contributed by atoms with Crippen LogP contribution in [0.3, 0.4) is 0 Å². The SMILES string of the molecule is CCC1=Nc2cccc3c2C1c1ccc(-c2c4ccccc4c(-c4ccc5c(ccc6ccccc65)c4)c4ccccc24)cc1C(C=O)C3c1ccccc1. The minimum Gasteiger partial charge on any atom is -0.303 e. The van der Waals surface area contributed by atoms with E-state index in [1.807, 2.05) is 0 Å².